The number of anilines is 1. The lowest BCUT2D eigenvalue weighted by molar-refractivity contribution is -0.137. The molecule has 0 spiro atoms. The molecule has 5 heteroatoms. The number of alkyl halides is 3. The molecule has 0 aliphatic carbocycles. The molecule has 0 radical (unpaired) electrons. The van der Waals surface area contributed by atoms with Gasteiger partial charge in [0.2, 0.25) is 0 Å². The Labute approximate surface area is 115 Å². The van der Waals surface area contributed by atoms with Crippen molar-refractivity contribution >= 4 is 5.69 Å². The normalized spacial score (nSPS) is 13.1. The summed E-state index contributed by atoms with van der Waals surface area (Å²) in [6, 6.07) is 8.80. The fourth-order valence-corrected chi connectivity index (χ4v) is 1.87. The minimum Gasteiger partial charge on any atom is -0.377 e. The number of rotatable bonds is 3. The summed E-state index contributed by atoms with van der Waals surface area (Å²) in [6.07, 6.45) is -2.65. The van der Waals surface area contributed by atoms with E-state index < -0.39 is 11.7 Å². The zero-order valence-corrected chi connectivity index (χ0v) is 11.2. The van der Waals surface area contributed by atoms with Gasteiger partial charge in [0.1, 0.15) is 0 Å². The number of hydrogen-bond donors (Lipinski definition) is 1. The Morgan fingerprint density at radius 2 is 1.90 bits per heavy atom. The van der Waals surface area contributed by atoms with Crippen LogP contribution >= 0.6 is 0 Å². The molecular formula is C15H15F3N2. The van der Waals surface area contributed by atoms with Gasteiger partial charge in [-0.05, 0) is 43.7 Å². The van der Waals surface area contributed by atoms with Crippen molar-refractivity contribution in [3.05, 3.63) is 59.4 Å². The molecule has 1 heterocycles. The Kier molecular flexibility index (Phi) is 3.97. The number of aromatic nitrogens is 1. The van der Waals surface area contributed by atoms with Crippen molar-refractivity contribution < 1.29 is 13.2 Å². The molecule has 106 valence electrons. The number of aryl methyl sites for hydroxylation is 1. The lowest BCUT2D eigenvalue weighted by Crippen LogP contribution is -2.10. The van der Waals surface area contributed by atoms with Crippen LogP contribution in [0.15, 0.2) is 42.6 Å². The van der Waals surface area contributed by atoms with E-state index in [0.29, 0.717) is 5.56 Å². The van der Waals surface area contributed by atoms with Gasteiger partial charge in [-0.2, -0.15) is 13.2 Å². The molecule has 1 aromatic heterocycles. The molecule has 0 saturated carbocycles. The van der Waals surface area contributed by atoms with Gasteiger partial charge in [0.15, 0.2) is 0 Å². The zero-order chi connectivity index (χ0) is 14.8. The molecule has 1 atom stereocenters. The van der Waals surface area contributed by atoms with Gasteiger partial charge in [-0.3, -0.25) is 4.98 Å². The van der Waals surface area contributed by atoms with Gasteiger partial charge in [-0.1, -0.05) is 12.1 Å². The number of nitrogens with zero attached hydrogens (tertiary/aromatic N) is 1. The van der Waals surface area contributed by atoms with Crippen LogP contribution in [0.3, 0.4) is 0 Å². The Morgan fingerprint density at radius 3 is 2.50 bits per heavy atom. The zero-order valence-electron chi connectivity index (χ0n) is 11.2. The summed E-state index contributed by atoms with van der Waals surface area (Å²) in [7, 11) is 0. The number of halogens is 3. The molecule has 0 aliphatic rings. The van der Waals surface area contributed by atoms with Gasteiger partial charge in [0, 0.05) is 11.7 Å². The van der Waals surface area contributed by atoms with E-state index in [-0.39, 0.29) is 6.04 Å². The number of hydrogen-bond acceptors (Lipinski definition) is 2. The number of nitrogens with one attached hydrogen (secondary N) is 1. The minimum atomic E-state index is -4.32. The van der Waals surface area contributed by atoms with Crippen LogP contribution < -0.4 is 5.32 Å². The van der Waals surface area contributed by atoms with Crippen LogP contribution in [0.5, 0.6) is 0 Å². The maximum Gasteiger partial charge on any atom is 0.416 e. The van der Waals surface area contributed by atoms with Crippen molar-refractivity contribution in [1.82, 2.24) is 4.98 Å². The van der Waals surface area contributed by atoms with Crippen molar-refractivity contribution in [2.45, 2.75) is 26.1 Å². The van der Waals surface area contributed by atoms with Crippen LogP contribution in [0.1, 0.15) is 29.8 Å². The van der Waals surface area contributed by atoms with Crippen molar-refractivity contribution in [1.29, 1.82) is 0 Å². The van der Waals surface area contributed by atoms with Gasteiger partial charge in [0.05, 0.1) is 17.4 Å². The van der Waals surface area contributed by atoms with Crippen LogP contribution in [0.2, 0.25) is 0 Å². The van der Waals surface area contributed by atoms with E-state index in [4.69, 9.17) is 0 Å². The first kappa shape index (κ1) is 14.4. The summed E-state index contributed by atoms with van der Waals surface area (Å²) in [5.41, 5.74) is 1.62. The summed E-state index contributed by atoms with van der Waals surface area (Å²) in [5.74, 6) is 0. The maximum atomic E-state index is 12.7. The van der Waals surface area contributed by atoms with E-state index >= 15 is 0 Å². The molecule has 0 aliphatic heterocycles. The second-order valence-electron chi connectivity index (χ2n) is 4.68. The molecule has 0 bridgehead atoms. The van der Waals surface area contributed by atoms with Crippen LogP contribution in [0.4, 0.5) is 18.9 Å². The van der Waals surface area contributed by atoms with E-state index in [1.807, 2.05) is 26.0 Å². The summed E-state index contributed by atoms with van der Waals surface area (Å²) in [6.45, 7) is 3.69. The summed E-state index contributed by atoms with van der Waals surface area (Å²) in [5, 5.41) is 3.13. The molecule has 20 heavy (non-hydrogen) atoms. The third-order valence-corrected chi connectivity index (χ3v) is 3.01. The van der Waals surface area contributed by atoms with Crippen molar-refractivity contribution in [3.63, 3.8) is 0 Å². The molecule has 0 fully saturated rings. The Balaban J connectivity index is 2.17. The standard InChI is InChI=1S/C15H15F3N2/c1-10-6-7-14(9-19-10)20-11(2)12-4-3-5-13(8-12)15(16,17)18/h3-9,11,20H,1-2H3. The summed E-state index contributed by atoms with van der Waals surface area (Å²) >= 11 is 0. The topological polar surface area (TPSA) is 24.9 Å². The Hall–Kier alpha value is -2.04. The highest BCUT2D eigenvalue weighted by atomic mass is 19.4. The van der Waals surface area contributed by atoms with Crippen molar-refractivity contribution in [2.75, 3.05) is 5.32 Å². The van der Waals surface area contributed by atoms with Crippen LogP contribution in [-0.4, -0.2) is 4.98 Å². The first-order valence-electron chi connectivity index (χ1n) is 6.22. The third kappa shape index (κ3) is 3.50. The highest BCUT2D eigenvalue weighted by Crippen LogP contribution is 2.31. The first-order chi connectivity index (χ1) is 9.36. The fraction of sp³-hybridized carbons (Fsp3) is 0.267. The highest BCUT2D eigenvalue weighted by molar-refractivity contribution is 5.44. The largest absolute Gasteiger partial charge is 0.416 e. The SMILES string of the molecule is Cc1ccc(NC(C)c2cccc(C(F)(F)F)c2)cn1. The smallest absolute Gasteiger partial charge is 0.377 e. The highest BCUT2D eigenvalue weighted by Gasteiger charge is 2.30. The number of pyridine rings is 1. The lowest BCUT2D eigenvalue weighted by atomic mass is 10.0. The quantitative estimate of drug-likeness (QED) is 0.890. The molecular weight excluding hydrogens is 265 g/mol. The molecule has 0 saturated heterocycles. The molecule has 1 N–H and O–H groups in total. The minimum absolute atomic E-state index is 0.234. The van der Waals surface area contributed by atoms with Crippen LogP contribution in [-0.2, 0) is 6.18 Å². The summed E-state index contributed by atoms with van der Waals surface area (Å²) in [4.78, 5) is 4.14. The summed E-state index contributed by atoms with van der Waals surface area (Å²) < 4.78 is 38.0. The average Bonchev–Trinajstić information content (AvgIpc) is 2.40. The van der Waals surface area contributed by atoms with Crippen LogP contribution in [0, 0.1) is 6.92 Å². The molecule has 0 amide bonds. The van der Waals surface area contributed by atoms with Gasteiger partial charge in [0.25, 0.3) is 0 Å². The van der Waals surface area contributed by atoms with E-state index in [1.54, 1.807) is 12.3 Å². The van der Waals surface area contributed by atoms with Gasteiger partial charge in [-0.15, -0.1) is 0 Å². The molecule has 1 unspecified atom stereocenters. The van der Waals surface area contributed by atoms with E-state index in [9.17, 15) is 13.2 Å². The lowest BCUT2D eigenvalue weighted by Gasteiger charge is -2.17. The van der Waals surface area contributed by atoms with Crippen molar-refractivity contribution in [3.8, 4) is 0 Å². The van der Waals surface area contributed by atoms with Gasteiger partial charge in [-0.25, -0.2) is 0 Å². The molecule has 2 rings (SSSR count). The van der Waals surface area contributed by atoms with Gasteiger partial charge >= 0.3 is 6.18 Å². The molecule has 2 nitrogen and oxygen atoms in total. The maximum absolute atomic E-state index is 12.7. The molecule has 1 aromatic carbocycles. The van der Waals surface area contributed by atoms with E-state index in [1.165, 1.54) is 12.1 Å². The van der Waals surface area contributed by atoms with E-state index in [2.05, 4.69) is 10.3 Å². The second-order valence-corrected chi connectivity index (χ2v) is 4.68. The second kappa shape index (κ2) is 5.53. The first-order valence-corrected chi connectivity index (χ1v) is 6.22. The van der Waals surface area contributed by atoms with Gasteiger partial charge < -0.3 is 5.32 Å². The third-order valence-electron chi connectivity index (χ3n) is 3.01. The monoisotopic (exact) mass is 280 g/mol. The van der Waals surface area contributed by atoms with Crippen LogP contribution in [0.25, 0.3) is 0 Å². The molecule has 2 aromatic rings. The predicted octanol–water partition coefficient (Wildman–Crippen LogP) is 4.58. The Morgan fingerprint density at radius 1 is 1.15 bits per heavy atom. The van der Waals surface area contributed by atoms with E-state index in [0.717, 1.165) is 17.4 Å². The Bertz CT molecular complexity index is 576. The average molecular weight is 280 g/mol. The van der Waals surface area contributed by atoms with Crippen molar-refractivity contribution in [2.24, 2.45) is 0 Å². The predicted molar refractivity (Wildman–Crippen MR) is 72.5 cm³/mol. The number of benzene rings is 1. The fourth-order valence-electron chi connectivity index (χ4n) is 1.87.